The molecule has 0 aliphatic carbocycles. The predicted octanol–water partition coefficient (Wildman–Crippen LogP) is 3.31. The Bertz CT molecular complexity index is 706. The lowest BCUT2D eigenvalue weighted by molar-refractivity contribution is 0.318. The maximum atomic E-state index is 8.96. The Kier molecular flexibility index (Phi) is 3.24. The second-order valence-corrected chi connectivity index (χ2v) is 6.23. The first-order chi connectivity index (χ1) is 10.0. The van der Waals surface area contributed by atoms with Crippen LogP contribution in [0, 0.1) is 0 Å². The summed E-state index contributed by atoms with van der Waals surface area (Å²) in [6.07, 6.45) is 2.41. The molecule has 0 amide bonds. The summed E-state index contributed by atoms with van der Waals surface area (Å²) in [5, 5.41) is 14.3. The Balaban J connectivity index is 2.23. The Hall–Kier alpha value is -2.23. The van der Waals surface area contributed by atoms with E-state index in [1.807, 2.05) is 24.3 Å². The minimum Gasteiger partial charge on any atom is -0.409 e. The van der Waals surface area contributed by atoms with Crippen molar-refractivity contribution in [3.8, 4) is 0 Å². The van der Waals surface area contributed by atoms with Crippen molar-refractivity contribution < 1.29 is 5.21 Å². The van der Waals surface area contributed by atoms with Gasteiger partial charge in [0.2, 0.25) is 0 Å². The number of fused-ring (bicyclic) bond motifs is 1. The van der Waals surface area contributed by atoms with Gasteiger partial charge in [-0.3, -0.25) is 0 Å². The first-order valence-electron chi connectivity index (χ1n) is 7.32. The van der Waals surface area contributed by atoms with E-state index in [2.05, 4.69) is 36.0 Å². The van der Waals surface area contributed by atoms with Crippen LogP contribution >= 0.6 is 0 Å². The quantitative estimate of drug-likeness (QED) is 0.385. The van der Waals surface area contributed by atoms with E-state index >= 15 is 0 Å². The summed E-state index contributed by atoms with van der Waals surface area (Å²) in [6, 6.07) is 12.2. The molecule has 0 spiro atoms. The number of benzene rings is 2. The summed E-state index contributed by atoms with van der Waals surface area (Å²) < 4.78 is 0. The summed E-state index contributed by atoms with van der Waals surface area (Å²) in [5.74, 6) is 0.151. The third kappa shape index (κ3) is 2.20. The highest BCUT2D eigenvalue weighted by Crippen LogP contribution is 2.38. The van der Waals surface area contributed by atoms with E-state index in [0.717, 1.165) is 22.9 Å². The third-order valence-corrected chi connectivity index (χ3v) is 4.48. The van der Waals surface area contributed by atoms with Gasteiger partial charge in [0.05, 0.1) is 0 Å². The monoisotopic (exact) mass is 283 g/mol. The van der Waals surface area contributed by atoms with Crippen molar-refractivity contribution in [3.63, 3.8) is 0 Å². The molecule has 1 saturated heterocycles. The highest BCUT2D eigenvalue weighted by atomic mass is 16.4. The molecule has 1 heterocycles. The van der Waals surface area contributed by atoms with E-state index in [1.165, 1.54) is 18.5 Å². The van der Waals surface area contributed by atoms with Crippen LogP contribution in [0.25, 0.3) is 10.8 Å². The fourth-order valence-electron chi connectivity index (χ4n) is 3.35. The molecule has 2 aromatic carbocycles. The van der Waals surface area contributed by atoms with Gasteiger partial charge in [-0.05, 0) is 44.2 Å². The zero-order valence-electron chi connectivity index (χ0n) is 12.5. The fourth-order valence-corrected chi connectivity index (χ4v) is 3.35. The van der Waals surface area contributed by atoms with Crippen LogP contribution in [0.2, 0.25) is 0 Å². The molecular formula is C17H21N3O. The van der Waals surface area contributed by atoms with Gasteiger partial charge in [0.1, 0.15) is 0 Å². The predicted molar refractivity (Wildman–Crippen MR) is 87.1 cm³/mol. The highest BCUT2D eigenvalue weighted by molar-refractivity contribution is 6.11. The Morgan fingerprint density at radius 3 is 2.52 bits per heavy atom. The van der Waals surface area contributed by atoms with Crippen molar-refractivity contribution in [1.29, 1.82) is 0 Å². The van der Waals surface area contributed by atoms with Gasteiger partial charge in [-0.2, -0.15) is 0 Å². The van der Waals surface area contributed by atoms with Gasteiger partial charge >= 0.3 is 0 Å². The lowest BCUT2D eigenvalue weighted by Crippen LogP contribution is -2.38. The topological polar surface area (TPSA) is 61.8 Å². The molecule has 1 aliphatic heterocycles. The average molecular weight is 283 g/mol. The van der Waals surface area contributed by atoms with Crippen molar-refractivity contribution in [1.82, 2.24) is 0 Å². The lowest BCUT2D eigenvalue weighted by atomic mass is 9.98. The molecule has 2 aromatic rings. The van der Waals surface area contributed by atoms with Crippen molar-refractivity contribution >= 4 is 22.3 Å². The summed E-state index contributed by atoms with van der Waals surface area (Å²) in [4.78, 5) is 2.46. The van der Waals surface area contributed by atoms with E-state index in [9.17, 15) is 0 Å². The van der Waals surface area contributed by atoms with Gasteiger partial charge in [0.25, 0.3) is 0 Å². The molecule has 0 bridgehead atoms. The van der Waals surface area contributed by atoms with Crippen LogP contribution in [-0.2, 0) is 0 Å². The molecule has 1 aliphatic rings. The van der Waals surface area contributed by atoms with Crippen molar-refractivity contribution in [3.05, 3.63) is 42.0 Å². The molecule has 3 rings (SSSR count). The largest absolute Gasteiger partial charge is 0.409 e. The van der Waals surface area contributed by atoms with Crippen molar-refractivity contribution in [2.75, 3.05) is 11.4 Å². The van der Waals surface area contributed by atoms with Gasteiger partial charge in [0.15, 0.2) is 5.84 Å². The first kappa shape index (κ1) is 13.7. The fraction of sp³-hybridized carbons (Fsp3) is 0.353. The standard InChI is InChI=1S/C17H21N3O/c1-17(2)10-5-11-20(17)15-9-8-14(16(18)19-21)12-6-3-4-7-13(12)15/h3-4,6-9,21H,5,10-11H2,1-2H3,(H2,18,19). The molecule has 0 aromatic heterocycles. The summed E-state index contributed by atoms with van der Waals surface area (Å²) >= 11 is 0. The number of amidine groups is 1. The molecule has 4 nitrogen and oxygen atoms in total. The van der Waals surface area contributed by atoms with Crippen LogP contribution in [0.5, 0.6) is 0 Å². The Morgan fingerprint density at radius 2 is 1.90 bits per heavy atom. The van der Waals surface area contributed by atoms with E-state index in [1.54, 1.807) is 0 Å². The second-order valence-electron chi connectivity index (χ2n) is 6.23. The van der Waals surface area contributed by atoms with E-state index in [4.69, 9.17) is 10.9 Å². The molecule has 0 unspecified atom stereocenters. The molecule has 1 fully saturated rings. The first-order valence-corrected chi connectivity index (χ1v) is 7.32. The average Bonchev–Trinajstić information content (AvgIpc) is 2.84. The van der Waals surface area contributed by atoms with E-state index in [0.29, 0.717) is 0 Å². The van der Waals surface area contributed by atoms with Crippen molar-refractivity contribution in [2.24, 2.45) is 10.9 Å². The van der Waals surface area contributed by atoms with Crippen LogP contribution in [0.1, 0.15) is 32.3 Å². The lowest BCUT2D eigenvalue weighted by Gasteiger charge is -2.34. The van der Waals surface area contributed by atoms with Crippen LogP contribution in [-0.4, -0.2) is 23.1 Å². The number of anilines is 1. The smallest absolute Gasteiger partial charge is 0.170 e. The van der Waals surface area contributed by atoms with Crippen LogP contribution < -0.4 is 10.6 Å². The molecule has 4 heteroatoms. The second kappa shape index (κ2) is 4.95. The molecule has 0 radical (unpaired) electrons. The van der Waals surface area contributed by atoms with Crippen molar-refractivity contribution in [2.45, 2.75) is 32.2 Å². The summed E-state index contributed by atoms with van der Waals surface area (Å²) in [5.41, 5.74) is 7.97. The van der Waals surface area contributed by atoms with Gasteiger partial charge in [0, 0.05) is 28.7 Å². The maximum absolute atomic E-state index is 8.96. The number of rotatable bonds is 2. The van der Waals surface area contributed by atoms with Gasteiger partial charge < -0.3 is 15.8 Å². The minimum absolute atomic E-state index is 0.151. The summed E-state index contributed by atoms with van der Waals surface area (Å²) in [6.45, 7) is 5.64. The number of nitrogens with zero attached hydrogens (tertiary/aromatic N) is 2. The van der Waals surface area contributed by atoms with Gasteiger partial charge in [-0.15, -0.1) is 0 Å². The van der Waals surface area contributed by atoms with E-state index < -0.39 is 0 Å². The Morgan fingerprint density at radius 1 is 1.19 bits per heavy atom. The van der Waals surface area contributed by atoms with E-state index in [-0.39, 0.29) is 11.4 Å². The third-order valence-electron chi connectivity index (χ3n) is 4.48. The summed E-state index contributed by atoms with van der Waals surface area (Å²) in [7, 11) is 0. The zero-order chi connectivity index (χ0) is 15.0. The number of oxime groups is 1. The Labute approximate surface area is 124 Å². The molecule has 0 saturated carbocycles. The van der Waals surface area contributed by atoms with Crippen LogP contribution in [0.15, 0.2) is 41.6 Å². The molecular weight excluding hydrogens is 262 g/mol. The zero-order valence-corrected chi connectivity index (χ0v) is 12.5. The number of hydrogen-bond donors (Lipinski definition) is 2. The molecule has 110 valence electrons. The minimum atomic E-state index is 0.151. The van der Waals surface area contributed by atoms with Crippen LogP contribution in [0.4, 0.5) is 5.69 Å². The van der Waals surface area contributed by atoms with Gasteiger partial charge in [-0.25, -0.2) is 0 Å². The number of hydrogen-bond acceptors (Lipinski definition) is 3. The maximum Gasteiger partial charge on any atom is 0.170 e. The SMILES string of the molecule is CC1(C)CCCN1c1ccc(/C(N)=N/O)c2ccccc12. The van der Waals surface area contributed by atoms with Gasteiger partial charge in [-0.1, -0.05) is 29.4 Å². The van der Waals surface area contributed by atoms with Crippen LogP contribution in [0.3, 0.4) is 0 Å². The highest BCUT2D eigenvalue weighted by Gasteiger charge is 2.32. The number of nitrogens with two attached hydrogens (primary N) is 1. The normalized spacial score (nSPS) is 18.4. The molecule has 0 atom stereocenters. The molecule has 21 heavy (non-hydrogen) atoms. The molecule has 3 N–H and O–H groups in total.